The van der Waals surface area contributed by atoms with Gasteiger partial charge in [0.1, 0.15) is 12.0 Å². The maximum Gasteiger partial charge on any atom is 0.290 e. The Morgan fingerprint density at radius 2 is 2.35 bits per heavy atom. The summed E-state index contributed by atoms with van der Waals surface area (Å²) in [6, 6.07) is 1.73. The van der Waals surface area contributed by atoms with Crippen LogP contribution >= 0.6 is 11.8 Å². The van der Waals surface area contributed by atoms with E-state index in [1.165, 1.54) is 19.0 Å². The average molecular weight is 253 g/mol. The van der Waals surface area contributed by atoms with Crippen molar-refractivity contribution in [1.82, 2.24) is 4.98 Å². The van der Waals surface area contributed by atoms with Gasteiger partial charge < -0.3 is 5.32 Å². The van der Waals surface area contributed by atoms with Crippen LogP contribution in [0.2, 0.25) is 0 Å². The van der Waals surface area contributed by atoms with Gasteiger partial charge in [0, 0.05) is 16.9 Å². The molecule has 1 aliphatic rings. The molecule has 0 saturated heterocycles. The van der Waals surface area contributed by atoms with E-state index in [1.807, 2.05) is 11.8 Å². The summed E-state index contributed by atoms with van der Waals surface area (Å²) in [5, 5.41) is 13.9. The molecule has 17 heavy (non-hydrogen) atoms. The highest BCUT2D eigenvalue weighted by molar-refractivity contribution is 8.00. The monoisotopic (exact) mass is 253 g/mol. The Bertz CT molecular complexity index is 446. The molecule has 0 atom stereocenters. The van der Waals surface area contributed by atoms with Crippen LogP contribution in [0.1, 0.15) is 18.4 Å². The van der Waals surface area contributed by atoms with Gasteiger partial charge in [-0.25, -0.2) is 4.98 Å². The first-order chi connectivity index (χ1) is 8.06. The van der Waals surface area contributed by atoms with E-state index in [1.54, 1.807) is 13.0 Å². The van der Waals surface area contributed by atoms with Crippen molar-refractivity contribution < 1.29 is 4.92 Å². The first kappa shape index (κ1) is 12.2. The molecule has 92 valence electrons. The fraction of sp³-hybridized carbons (Fsp3) is 0.545. The maximum absolute atomic E-state index is 10.6. The van der Waals surface area contributed by atoms with Gasteiger partial charge >= 0.3 is 0 Å². The minimum absolute atomic E-state index is 0.0709. The fourth-order valence-electron chi connectivity index (χ4n) is 1.68. The molecule has 1 aliphatic carbocycles. The van der Waals surface area contributed by atoms with Crippen molar-refractivity contribution in [3.05, 3.63) is 27.9 Å². The molecule has 1 saturated carbocycles. The molecular formula is C11H15N3O2S. The molecule has 2 rings (SSSR count). The third-order valence-electron chi connectivity index (χ3n) is 3.11. The number of hydrogen-bond donors (Lipinski definition) is 1. The first-order valence-electron chi connectivity index (χ1n) is 5.46. The summed E-state index contributed by atoms with van der Waals surface area (Å²) in [5.41, 5.74) is 0.711. The second-order valence-electron chi connectivity index (χ2n) is 4.35. The van der Waals surface area contributed by atoms with Crippen LogP contribution in [0.15, 0.2) is 12.3 Å². The third-order valence-corrected chi connectivity index (χ3v) is 4.53. The average Bonchev–Trinajstić information content (AvgIpc) is 3.07. The Morgan fingerprint density at radius 3 is 2.82 bits per heavy atom. The number of nitro groups is 1. The number of anilines is 1. The van der Waals surface area contributed by atoms with Crippen LogP contribution < -0.4 is 5.32 Å². The molecule has 0 spiro atoms. The van der Waals surface area contributed by atoms with E-state index in [-0.39, 0.29) is 5.69 Å². The summed E-state index contributed by atoms with van der Waals surface area (Å²) in [6.07, 6.45) is 5.89. The molecule has 0 unspecified atom stereocenters. The van der Waals surface area contributed by atoms with Crippen molar-refractivity contribution in [3.63, 3.8) is 0 Å². The molecule has 0 radical (unpaired) electrons. The zero-order valence-electron chi connectivity index (χ0n) is 9.90. The Labute approximate surface area is 104 Å². The highest BCUT2D eigenvalue weighted by atomic mass is 32.2. The van der Waals surface area contributed by atoms with E-state index in [2.05, 4.69) is 16.6 Å². The zero-order valence-corrected chi connectivity index (χ0v) is 10.7. The van der Waals surface area contributed by atoms with Gasteiger partial charge in [0.25, 0.3) is 5.69 Å². The minimum Gasteiger partial charge on any atom is -0.369 e. The van der Waals surface area contributed by atoms with E-state index in [9.17, 15) is 10.1 Å². The summed E-state index contributed by atoms with van der Waals surface area (Å²) >= 11 is 1.87. The SMILES string of the molecule is CSC1(CNc2cc(C)c([N+](=O)[O-])cn2)CC1. The van der Waals surface area contributed by atoms with E-state index in [4.69, 9.17) is 0 Å². The van der Waals surface area contributed by atoms with E-state index in [0.29, 0.717) is 16.1 Å². The molecule has 1 N–H and O–H groups in total. The topological polar surface area (TPSA) is 68.1 Å². The summed E-state index contributed by atoms with van der Waals surface area (Å²) in [4.78, 5) is 14.3. The normalized spacial score (nSPS) is 16.6. The van der Waals surface area contributed by atoms with Gasteiger partial charge in [-0.1, -0.05) is 0 Å². The highest BCUT2D eigenvalue weighted by Gasteiger charge is 2.41. The number of nitrogens with zero attached hydrogens (tertiary/aromatic N) is 2. The number of nitrogens with one attached hydrogen (secondary N) is 1. The van der Waals surface area contributed by atoms with Gasteiger partial charge in [-0.2, -0.15) is 11.8 Å². The molecule has 0 aliphatic heterocycles. The number of aromatic nitrogens is 1. The van der Waals surface area contributed by atoms with Crippen molar-refractivity contribution in [3.8, 4) is 0 Å². The molecular weight excluding hydrogens is 238 g/mol. The molecule has 0 amide bonds. The lowest BCUT2D eigenvalue weighted by atomic mass is 10.2. The van der Waals surface area contributed by atoms with Crippen LogP contribution in [0.5, 0.6) is 0 Å². The molecule has 1 fully saturated rings. The van der Waals surface area contributed by atoms with Crippen molar-refractivity contribution in [2.45, 2.75) is 24.5 Å². The minimum atomic E-state index is -0.406. The summed E-state index contributed by atoms with van der Waals surface area (Å²) in [7, 11) is 0. The predicted octanol–water partition coefficient (Wildman–Crippen LogP) is 2.61. The predicted molar refractivity (Wildman–Crippen MR) is 69.6 cm³/mol. The lowest BCUT2D eigenvalue weighted by Gasteiger charge is -2.13. The van der Waals surface area contributed by atoms with Gasteiger partial charge in [-0.3, -0.25) is 10.1 Å². The molecule has 0 aromatic carbocycles. The molecule has 0 bridgehead atoms. The highest BCUT2D eigenvalue weighted by Crippen LogP contribution is 2.46. The summed E-state index contributed by atoms with van der Waals surface area (Å²) in [5.74, 6) is 0.716. The van der Waals surface area contributed by atoms with Crippen molar-refractivity contribution >= 4 is 23.3 Å². The number of rotatable bonds is 5. The third kappa shape index (κ3) is 2.69. The van der Waals surface area contributed by atoms with Crippen LogP contribution in [-0.2, 0) is 0 Å². The van der Waals surface area contributed by atoms with Gasteiger partial charge in [0.2, 0.25) is 0 Å². The molecule has 1 aromatic rings. The Hall–Kier alpha value is -1.30. The van der Waals surface area contributed by atoms with Crippen LogP contribution in [0.4, 0.5) is 11.5 Å². The lowest BCUT2D eigenvalue weighted by molar-refractivity contribution is -0.385. The van der Waals surface area contributed by atoms with Crippen molar-refractivity contribution in [1.29, 1.82) is 0 Å². The standard InChI is InChI=1S/C11H15N3O2S/c1-8-5-10(12-6-9(8)14(15)16)13-7-11(17-2)3-4-11/h5-6H,3-4,7H2,1-2H3,(H,12,13). The van der Waals surface area contributed by atoms with Crippen molar-refractivity contribution in [2.75, 3.05) is 18.1 Å². The Kier molecular flexibility index (Phi) is 3.24. The fourth-order valence-corrected chi connectivity index (χ4v) is 2.41. The van der Waals surface area contributed by atoms with E-state index < -0.39 is 4.92 Å². The first-order valence-corrected chi connectivity index (χ1v) is 6.69. The van der Waals surface area contributed by atoms with Crippen LogP contribution in [0.25, 0.3) is 0 Å². The maximum atomic E-state index is 10.6. The number of pyridine rings is 1. The summed E-state index contributed by atoms with van der Waals surface area (Å²) < 4.78 is 0.358. The summed E-state index contributed by atoms with van der Waals surface area (Å²) in [6.45, 7) is 2.60. The molecule has 1 aromatic heterocycles. The van der Waals surface area contributed by atoms with Crippen LogP contribution in [-0.4, -0.2) is 27.5 Å². The smallest absolute Gasteiger partial charge is 0.290 e. The number of aryl methyl sites for hydroxylation is 1. The second-order valence-corrected chi connectivity index (χ2v) is 5.63. The van der Waals surface area contributed by atoms with Gasteiger partial charge in [-0.05, 0) is 32.1 Å². The quantitative estimate of drug-likeness (QED) is 0.645. The Balaban J connectivity index is 2.03. The second kappa shape index (κ2) is 4.52. The molecule has 1 heterocycles. The van der Waals surface area contributed by atoms with Gasteiger partial charge in [0.15, 0.2) is 0 Å². The largest absolute Gasteiger partial charge is 0.369 e. The number of thioether (sulfide) groups is 1. The molecule has 5 nitrogen and oxygen atoms in total. The van der Waals surface area contributed by atoms with Gasteiger partial charge in [0.05, 0.1) is 4.92 Å². The zero-order chi connectivity index (χ0) is 12.5. The lowest BCUT2D eigenvalue weighted by Crippen LogP contribution is -2.18. The van der Waals surface area contributed by atoms with Gasteiger partial charge in [-0.15, -0.1) is 0 Å². The van der Waals surface area contributed by atoms with E-state index in [0.717, 1.165) is 6.54 Å². The van der Waals surface area contributed by atoms with E-state index >= 15 is 0 Å². The van der Waals surface area contributed by atoms with Crippen LogP contribution in [0, 0.1) is 17.0 Å². The number of hydrogen-bond acceptors (Lipinski definition) is 5. The molecule has 6 heteroatoms. The van der Waals surface area contributed by atoms with Crippen molar-refractivity contribution in [2.24, 2.45) is 0 Å². The van der Waals surface area contributed by atoms with Crippen LogP contribution in [0.3, 0.4) is 0 Å². The Morgan fingerprint density at radius 1 is 1.65 bits per heavy atom.